The molecule has 5 nitrogen and oxygen atoms in total. The topological polar surface area (TPSA) is 75.3 Å². The molecule has 0 atom stereocenters. The summed E-state index contributed by atoms with van der Waals surface area (Å²) in [5.74, 6) is -0.729. The second-order valence-electron chi connectivity index (χ2n) is 6.68. The van der Waals surface area contributed by atoms with Gasteiger partial charge in [0.2, 0.25) is 10.0 Å². The Hall–Kier alpha value is -2.25. The highest BCUT2D eigenvalue weighted by atomic mass is 32.2. The lowest BCUT2D eigenvalue weighted by Gasteiger charge is -2.20. The molecule has 2 aromatic rings. The third-order valence-corrected chi connectivity index (χ3v) is 4.67. The van der Waals surface area contributed by atoms with Gasteiger partial charge in [0, 0.05) is 17.6 Å². The van der Waals surface area contributed by atoms with Crippen LogP contribution in [-0.4, -0.2) is 19.9 Å². The van der Waals surface area contributed by atoms with Gasteiger partial charge in [-0.2, -0.15) is 0 Å². The molecule has 1 amide bonds. The lowest BCUT2D eigenvalue weighted by Crippen LogP contribution is -2.40. The first-order valence-electron chi connectivity index (χ1n) is 7.73. The molecule has 0 aliphatic carbocycles. The smallest absolute Gasteiger partial charge is 0.251 e. The highest BCUT2D eigenvalue weighted by molar-refractivity contribution is 7.89. The largest absolute Gasteiger partial charge is 0.347 e. The van der Waals surface area contributed by atoms with Crippen molar-refractivity contribution in [2.45, 2.75) is 37.8 Å². The standard InChI is InChI=1S/C18H21FN2O3S/c1-18(2,3)21-17(22)14-5-4-6-16(11-14)25(23,24)20-12-13-7-9-15(19)10-8-13/h4-11,20H,12H2,1-3H3,(H,21,22). The zero-order valence-electron chi connectivity index (χ0n) is 14.3. The fraction of sp³-hybridized carbons (Fsp3) is 0.278. The van der Waals surface area contributed by atoms with Crippen LogP contribution >= 0.6 is 0 Å². The summed E-state index contributed by atoms with van der Waals surface area (Å²) in [7, 11) is -3.79. The van der Waals surface area contributed by atoms with Crippen molar-refractivity contribution in [1.29, 1.82) is 0 Å². The molecular formula is C18H21FN2O3S. The van der Waals surface area contributed by atoms with Crippen molar-refractivity contribution in [1.82, 2.24) is 10.0 Å². The SMILES string of the molecule is CC(C)(C)NC(=O)c1cccc(S(=O)(=O)NCc2ccc(F)cc2)c1. The molecule has 2 aromatic carbocycles. The van der Waals surface area contributed by atoms with Crippen molar-refractivity contribution >= 4 is 15.9 Å². The molecule has 7 heteroatoms. The minimum absolute atomic E-state index is 0.00355. The summed E-state index contributed by atoms with van der Waals surface area (Å²) in [5, 5.41) is 2.79. The Kier molecular flexibility index (Phi) is 5.59. The molecule has 0 aliphatic rings. The first kappa shape index (κ1) is 19.1. The summed E-state index contributed by atoms with van der Waals surface area (Å²) in [5.41, 5.74) is 0.471. The van der Waals surface area contributed by atoms with E-state index in [0.29, 0.717) is 5.56 Å². The zero-order chi connectivity index (χ0) is 18.7. The van der Waals surface area contributed by atoms with Gasteiger partial charge in [-0.05, 0) is 56.7 Å². The first-order chi connectivity index (χ1) is 11.6. The van der Waals surface area contributed by atoms with Crippen molar-refractivity contribution in [3.8, 4) is 0 Å². The van der Waals surface area contributed by atoms with E-state index in [9.17, 15) is 17.6 Å². The van der Waals surface area contributed by atoms with Crippen LogP contribution in [0.3, 0.4) is 0 Å². The molecule has 0 unspecified atom stereocenters. The van der Waals surface area contributed by atoms with Crippen LogP contribution in [0.5, 0.6) is 0 Å². The number of hydrogen-bond donors (Lipinski definition) is 2. The maximum atomic E-state index is 12.9. The van der Waals surface area contributed by atoms with E-state index in [2.05, 4.69) is 10.0 Å². The van der Waals surface area contributed by atoms with E-state index in [0.717, 1.165) is 0 Å². The normalized spacial score (nSPS) is 12.0. The molecule has 0 fully saturated rings. The van der Waals surface area contributed by atoms with E-state index in [4.69, 9.17) is 0 Å². The summed E-state index contributed by atoms with van der Waals surface area (Å²) in [6.45, 7) is 5.56. The molecule has 25 heavy (non-hydrogen) atoms. The number of benzene rings is 2. The highest BCUT2D eigenvalue weighted by Crippen LogP contribution is 2.13. The van der Waals surface area contributed by atoms with Gasteiger partial charge in [0.15, 0.2) is 0 Å². The minimum atomic E-state index is -3.79. The second-order valence-corrected chi connectivity index (χ2v) is 8.45. The third kappa shape index (κ3) is 5.65. The molecule has 0 aliphatic heterocycles. The van der Waals surface area contributed by atoms with Crippen LogP contribution in [0.4, 0.5) is 4.39 Å². The molecule has 0 saturated heterocycles. The van der Waals surface area contributed by atoms with Crippen LogP contribution in [0, 0.1) is 5.82 Å². The summed E-state index contributed by atoms with van der Waals surface area (Å²) < 4.78 is 40.2. The Morgan fingerprint density at radius 2 is 1.72 bits per heavy atom. The van der Waals surface area contributed by atoms with Gasteiger partial charge in [0.05, 0.1) is 4.90 Å². The predicted octanol–water partition coefficient (Wildman–Crippen LogP) is 2.83. The van der Waals surface area contributed by atoms with Crippen molar-refractivity contribution in [2.24, 2.45) is 0 Å². The van der Waals surface area contributed by atoms with E-state index in [1.807, 2.05) is 20.8 Å². The van der Waals surface area contributed by atoms with E-state index in [1.165, 1.54) is 42.5 Å². The van der Waals surface area contributed by atoms with E-state index in [1.54, 1.807) is 6.07 Å². The molecule has 134 valence electrons. The lowest BCUT2D eigenvalue weighted by atomic mass is 10.1. The van der Waals surface area contributed by atoms with E-state index >= 15 is 0 Å². The Balaban J connectivity index is 2.15. The first-order valence-corrected chi connectivity index (χ1v) is 9.22. The van der Waals surface area contributed by atoms with E-state index in [-0.39, 0.29) is 28.7 Å². The highest BCUT2D eigenvalue weighted by Gasteiger charge is 2.19. The molecule has 2 N–H and O–H groups in total. The monoisotopic (exact) mass is 364 g/mol. The molecule has 0 aromatic heterocycles. The molecule has 2 rings (SSSR count). The molecule has 0 bridgehead atoms. The number of amides is 1. The number of halogens is 1. The summed E-state index contributed by atoms with van der Waals surface area (Å²) in [4.78, 5) is 12.2. The molecule has 0 heterocycles. The number of sulfonamides is 1. The van der Waals surface area contributed by atoms with Gasteiger partial charge >= 0.3 is 0 Å². The summed E-state index contributed by atoms with van der Waals surface area (Å²) in [6, 6.07) is 11.4. The molecule has 0 saturated carbocycles. The molecule has 0 spiro atoms. The number of nitrogens with one attached hydrogen (secondary N) is 2. The van der Waals surface area contributed by atoms with Crippen molar-refractivity contribution in [3.63, 3.8) is 0 Å². The Morgan fingerprint density at radius 1 is 1.08 bits per heavy atom. The third-order valence-electron chi connectivity index (χ3n) is 3.27. The Labute approximate surface area is 147 Å². The van der Waals surface area contributed by atoms with Crippen molar-refractivity contribution in [2.75, 3.05) is 0 Å². The number of rotatable bonds is 5. The maximum absolute atomic E-state index is 12.9. The summed E-state index contributed by atoms with van der Waals surface area (Å²) in [6.07, 6.45) is 0. The van der Waals surface area contributed by atoms with Crippen molar-refractivity contribution in [3.05, 3.63) is 65.5 Å². The Bertz CT molecular complexity index is 857. The second kappa shape index (κ2) is 7.33. The van der Waals surface area contributed by atoms with Crippen LogP contribution in [0.2, 0.25) is 0 Å². The Morgan fingerprint density at radius 3 is 2.32 bits per heavy atom. The fourth-order valence-corrected chi connectivity index (χ4v) is 3.14. The van der Waals surface area contributed by atoms with Crippen molar-refractivity contribution < 1.29 is 17.6 Å². The summed E-state index contributed by atoms with van der Waals surface area (Å²) >= 11 is 0. The molecular weight excluding hydrogens is 343 g/mol. The van der Waals surface area contributed by atoms with Crippen LogP contribution in [0.15, 0.2) is 53.4 Å². The zero-order valence-corrected chi connectivity index (χ0v) is 15.2. The lowest BCUT2D eigenvalue weighted by molar-refractivity contribution is 0.0919. The van der Waals surface area contributed by atoms with Crippen LogP contribution in [0.1, 0.15) is 36.7 Å². The van der Waals surface area contributed by atoms with Crippen LogP contribution in [-0.2, 0) is 16.6 Å². The van der Waals surface area contributed by atoms with E-state index < -0.39 is 15.6 Å². The van der Waals surface area contributed by atoms with Gasteiger partial charge < -0.3 is 5.32 Å². The number of carbonyl (C=O) groups is 1. The quantitative estimate of drug-likeness (QED) is 0.857. The fourth-order valence-electron chi connectivity index (χ4n) is 2.08. The van der Waals surface area contributed by atoms with Gasteiger partial charge in [-0.3, -0.25) is 4.79 Å². The number of hydrogen-bond acceptors (Lipinski definition) is 3. The minimum Gasteiger partial charge on any atom is -0.347 e. The van der Waals surface area contributed by atoms with Gasteiger partial charge in [-0.1, -0.05) is 18.2 Å². The van der Waals surface area contributed by atoms with Gasteiger partial charge in [0.1, 0.15) is 5.82 Å². The van der Waals surface area contributed by atoms with Crippen LogP contribution < -0.4 is 10.0 Å². The maximum Gasteiger partial charge on any atom is 0.251 e. The van der Waals surface area contributed by atoms with Gasteiger partial charge in [-0.15, -0.1) is 0 Å². The van der Waals surface area contributed by atoms with Gasteiger partial charge in [0.25, 0.3) is 5.91 Å². The van der Waals surface area contributed by atoms with Crippen LogP contribution in [0.25, 0.3) is 0 Å². The average Bonchev–Trinajstić information content (AvgIpc) is 2.53. The number of carbonyl (C=O) groups excluding carboxylic acids is 1. The molecule has 0 radical (unpaired) electrons. The predicted molar refractivity (Wildman–Crippen MR) is 94.1 cm³/mol. The average molecular weight is 364 g/mol. The van der Waals surface area contributed by atoms with Gasteiger partial charge in [-0.25, -0.2) is 17.5 Å².